The van der Waals surface area contributed by atoms with E-state index in [0.717, 1.165) is 19.3 Å². The maximum atomic E-state index is 12.4. The van der Waals surface area contributed by atoms with Crippen molar-refractivity contribution in [2.24, 2.45) is 46.3 Å². The zero-order chi connectivity index (χ0) is 26.8. The summed E-state index contributed by atoms with van der Waals surface area (Å²) in [5, 5.41) is 45.3. The monoisotopic (exact) mass is 532 g/mol. The van der Waals surface area contributed by atoms with Gasteiger partial charge in [-0.05, 0) is 91.8 Å². The van der Waals surface area contributed by atoms with Gasteiger partial charge in [-0.1, -0.05) is 34.6 Å². The van der Waals surface area contributed by atoms with E-state index < -0.39 is 40.4 Å². The molecule has 0 aromatic carbocycles. The summed E-state index contributed by atoms with van der Waals surface area (Å²) < 4.78 is 36.7. The van der Waals surface area contributed by atoms with Crippen LogP contribution in [0.15, 0.2) is 0 Å². The maximum Gasteiger partial charge on any atom is 0.397 e. The molecule has 36 heavy (non-hydrogen) atoms. The van der Waals surface area contributed by atoms with E-state index >= 15 is 0 Å². The summed E-state index contributed by atoms with van der Waals surface area (Å²) in [5.74, 6) is -0.203. The van der Waals surface area contributed by atoms with E-state index in [1.807, 2.05) is 13.8 Å². The van der Waals surface area contributed by atoms with Crippen LogP contribution in [0.1, 0.15) is 92.4 Å². The minimum atomic E-state index is -4.53. The molecule has 9 heteroatoms. The van der Waals surface area contributed by atoms with Gasteiger partial charge < -0.3 is 20.4 Å². The van der Waals surface area contributed by atoms with Crippen molar-refractivity contribution in [2.75, 3.05) is 0 Å². The molecule has 4 aliphatic carbocycles. The molecule has 0 aromatic heterocycles. The van der Waals surface area contributed by atoms with Crippen LogP contribution in [0, 0.1) is 46.3 Å². The van der Waals surface area contributed by atoms with Gasteiger partial charge >= 0.3 is 10.4 Å². The number of aliphatic hydroxyl groups is 4. The van der Waals surface area contributed by atoms with Crippen molar-refractivity contribution in [1.29, 1.82) is 0 Å². The Morgan fingerprint density at radius 1 is 0.944 bits per heavy atom. The maximum absolute atomic E-state index is 12.4. The Balaban J connectivity index is 1.55. The van der Waals surface area contributed by atoms with Gasteiger partial charge in [0.1, 0.15) is 0 Å². The summed E-state index contributed by atoms with van der Waals surface area (Å²) in [6, 6.07) is 0. The van der Waals surface area contributed by atoms with Crippen LogP contribution in [0.5, 0.6) is 0 Å². The van der Waals surface area contributed by atoms with Gasteiger partial charge in [0, 0.05) is 12.3 Å². The van der Waals surface area contributed by atoms with Crippen LogP contribution in [0.3, 0.4) is 0 Å². The van der Waals surface area contributed by atoms with Crippen molar-refractivity contribution in [2.45, 2.75) is 122 Å². The van der Waals surface area contributed by atoms with Gasteiger partial charge in [-0.15, -0.1) is 0 Å². The third-order valence-corrected chi connectivity index (χ3v) is 11.8. The molecule has 0 bridgehead atoms. The first kappa shape index (κ1) is 28.7. The molecule has 0 aliphatic heterocycles. The Morgan fingerprint density at radius 2 is 1.58 bits per heavy atom. The standard InChI is InChI=1S/C27H48O8S/c1-15(2)22(35-36(32,33)34)7-6-16(3)18-13-20(29)24-26(18,5)11-9-23-25(4)10-8-17(28)12-19(25)21(30)14-27(23,24)31/h15-24,28-31H,6-14H2,1-5H3,(H,32,33,34)/t16-,17+,18-,19-,20-,21+,22+,23-,24-,25+,26-,27+/m1/s1. The Morgan fingerprint density at radius 3 is 2.19 bits per heavy atom. The van der Waals surface area contributed by atoms with Crippen LogP contribution >= 0.6 is 0 Å². The van der Waals surface area contributed by atoms with Gasteiger partial charge in [0.25, 0.3) is 0 Å². The number of hydrogen-bond acceptors (Lipinski definition) is 7. The summed E-state index contributed by atoms with van der Waals surface area (Å²) in [6.45, 7) is 10.2. The van der Waals surface area contributed by atoms with Crippen LogP contribution in [-0.4, -0.2) is 63.4 Å². The molecule has 12 atom stereocenters. The molecule has 0 heterocycles. The molecule has 4 rings (SSSR count). The zero-order valence-corrected chi connectivity index (χ0v) is 23.3. The Hall–Kier alpha value is -0.290. The molecule has 0 unspecified atom stereocenters. The van der Waals surface area contributed by atoms with Crippen molar-refractivity contribution in [1.82, 2.24) is 0 Å². The minimum absolute atomic E-state index is 0.0267. The summed E-state index contributed by atoms with van der Waals surface area (Å²) in [7, 11) is -4.53. The zero-order valence-electron chi connectivity index (χ0n) is 22.5. The normalized spacial score (nSPS) is 48.7. The van der Waals surface area contributed by atoms with Crippen LogP contribution in [0.2, 0.25) is 0 Å². The molecular formula is C27H48O8S. The summed E-state index contributed by atoms with van der Waals surface area (Å²) >= 11 is 0. The highest BCUT2D eigenvalue weighted by atomic mass is 32.3. The predicted octanol–water partition coefficient (Wildman–Crippen LogP) is 3.32. The molecule has 5 N–H and O–H groups in total. The van der Waals surface area contributed by atoms with E-state index in [1.54, 1.807) is 0 Å². The molecular weight excluding hydrogens is 484 g/mol. The highest BCUT2D eigenvalue weighted by Crippen LogP contribution is 2.69. The Kier molecular flexibility index (Phi) is 7.75. The summed E-state index contributed by atoms with van der Waals surface area (Å²) in [4.78, 5) is 0. The van der Waals surface area contributed by atoms with Crippen molar-refractivity contribution in [3.05, 3.63) is 0 Å². The second kappa shape index (κ2) is 9.72. The lowest BCUT2D eigenvalue weighted by molar-refractivity contribution is -0.263. The first-order valence-electron chi connectivity index (χ1n) is 13.9. The van der Waals surface area contributed by atoms with Crippen molar-refractivity contribution in [3.8, 4) is 0 Å². The molecule has 0 radical (unpaired) electrons. The van der Waals surface area contributed by atoms with Crippen LogP contribution in [0.25, 0.3) is 0 Å². The molecule has 210 valence electrons. The molecule has 4 aliphatic rings. The minimum Gasteiger partial charge on any atom is -0.393 e. The predicted molar refractivity (Wildman–Crippen MR) is 135 cm³/mol. The van der Waals surface area contributed by atoms with E-state index in [9.17, 15) is 33.4 Å². The van der Waals surface area contributed by atoms with Gasteiger partial charge in [-0.2, -0.15) is 8.42 Å². The fourth-order valence-corrected chi connectivity index (χ4v) is 10.3. The first-order valence-corrected chi connectivity index (χ1v) is 15.3. The number of fused-ring (bicyclic) bond motifs is 5. The average Bonchev–Trinajstić information content (AvgIpc) is 3.02. The number of rotatable bonds is 7. The Bertz CT molecular complexity index is 909. The van der Waals surface area contributed by atoms with Gasteiger partial charge in [0.15, 0.2) is 0 Å². The fraction of sp³-hybridized carbons (Fsp3) is 1.00. The average molecular weight is 533 g/mol. The van der Waals surface area contributed by atoms with Crippen LogP contribution < -0.4 is 0 Å². The largest absolute Gasteiger partial charge is 0.397 e. The van der Waals surface area contributed by atoms with E-state index in [4.69, 9.17) is 4.18 Å². The van der Waals surface area contributed by atoms with Gasteiger partial charge in [0.2, 0.25) is 0 Å². The fourth-order valence-electron chi connectivity index (χ4n) is 9.68. The molecule has 0 amide bonds. The van der Waals surface area contributed by atoms with E-state index in [2.05, 4.69) is 20.8 Å². The van der Waals surface area contributed by atoms with Crippen LogP contribution in [-0.2, 0) is 14.6 Å². The third-order valence-electron chi connectivity index (χ3n) is 11.3. The topological polar surface area (TPSA) is 145 Å². The van der Waals surface area contributed by atoms with Crippen molar-refractivity contribution in [3.63, 3.8) is 0 Å². The molecule has 8 nitrogen and oxygen atoms in total. The van der Waals surface area contributed by atoms with Crippen LogP contribution in [0.4, 0.5) is 0 Å². The quantitative estimate of drug-likeness (QED) is 0.314. The van der Waals surface area contributed by atoms with Gasteiger partial charge in [-0.3, -0.25) is 4.55 Å². The molecule has 4 fully saturated rings. The number of hydrogen-bond donors (Lipinski definition) is 5. The lowest BCUT2D eigenvalue weighted by atomic mass is 9.42. The van der Waals surface area contributed by atoms with Crippen molar-refractivity contribution < 1.29 is 37.6 Å². The van der Waals surface area contributed by atoms with E-state index in [1.165, 1.54) is 0 Å². The molecule has 0 spiro atoms. The smallest absolute Gasteiger partial charge is 0.393 e. The second-order valence-corrected chi connectivity index (χ2v) is 14.7. The summed E-state index contributed by atoms with van der Waals surface area (Å²) in [5.41, 5.74) is -1.74. The summed E-state index contributed by atoms with van der Waals surface area (Å²) in [6.07, 6.45) is 3.28. The van der Waals surface area contributed by atoms with E-state index in [0.29, 0.717) is 32.1 Å². The molecule has 0 aromatic rings. The van der Waals surface area contributed by atoms with E-state index in [-0.39, 0.29) is 52.8 Å². The Labute approximate surface area is 216 Å². The number of aliphatic hydroxyl groups excluding tert-OH is 3. The first-order chi connectivity index (χ1) is 16.5. The second-order valence-electron chi connectivity index (χ2n) is 13.6. The third kappa shape index (κ3) is 4.80. The van der Waals surface area contributed by atoms with Gasteiger partial charge in [-0.25, -0.2) is 4.18 Å². The molecule has 4 saturated carbocycles. The highest BCUT2D eigenvalue weighted by Gasteiger charge is 2.70. The van der Waals surface area contributed by atoms with Gasteiger partial charge in [0.05, 0.1) is 30.0 Å². The SMILES string of the molecule is CC(C)[C@H](CC[C@@H](C)[C@H]1C[C@@H](O)[C@@H]2[C@]1(C)CC[C@@H]1[C@@]3(C)CC[C@H](O)C[C@@H]3[C@@H](O)C[C@]12O)OS(=O)(=O)O. The van der Waals surface area contributed by atoms with Crippen molar-refractivity contribution >= 4 is 10.4 Å². The molecule has 0 saturated heterocycles. The lowest BCUT2D eigenvalue weighted by Crippen LogP contribution is -2.68. The lowest BCUT2D eigenvalue weighted by Gasteiger charge is -2.66. The highest BCUT2D eigenvalue weighted by molar-refractivity contribution is 7.80.